The molecule has 0 aromatic heterocycles. The zero-order valence-electron chi connectivity index (χ0n) is 11.4. The highest BCUT2D eigenvalue weighted by atomic mass is 32.2. The van der Waals surface area contributed by atoms with Gasteiger partial charge in [-0.25, -0.2) is 8.42 Å². The minimum Gasteiger partial charge on any atom is -0.314 e. The van der Waals surface area contributed by atoms with Gasteiger partial charge in [-0.05, 0) is 26.0 Å². The van der Waals surface area contributed by atoms with Crippen LogP contribution in [0.15, 0.2) is 42.5 Å². The largest absolute Gasteiger partial charge is 0.314 e. The molecule has 0 N–H and O–H groups in total. The van der Waals surface area contributed by atoms with Gasteiger partial charge in [0.25, 0.3) is 0 Å². The normalized spacial score (nSPS) is 13.4. The highest BCUT2D eigenvalue weighted by molar-refractivity contribution is 7.92. The zero-order chi connectivity index (χ0) is 14.5. The lowest BCUT2D eigenvalue weighted by Gasteiger charge is -2.21. The Kier molecular flexibility index (Phi) is 5.30. The van der Waals surface area contributed by atoms with E-state index in [0.717, 1.165) is 0 Å². The number of rotatable bonds is 5. The van der Waals surface area contributed by atoms with Crippen LogP contribution in [0, 0.1) is 0 Å². The number of benzene rings is 1. The molecule has 0 radical (unpaired) electrons. The number of amides is 1. The van der Waals surface area contributed by atoms with Gasteiger partial charge in [-0.2, -0.15) is 0 Å². The number of carbonyl (C=O) groups is 1. The Hall–Kier alpha value is -1.62. The van der Waals surface area contributed by atoms with Gasteiger partial charge >= 0.3 is 0 Å². The Balaban J connectivity index is 2.89. The molecule has 0 saturated carbocycles. The molecule has 1 aromatic carbocycles. The lowest BCUT2D eigenvalue weighted by molar-refractivity contribution is -0.117. The number of hydrogen-bond acceptors (Lipinski definition) is 3. The van der Waals surface area contributed by atoms with Gasteiger partial charge in [-0.3, -0.25) is 4.79 Å². The van der Waals surface area contributed by atoms with E-state index in [1.165, 1.54) is 11.8 Å². The van der Waals surface area contributed by atoms with Crippen molar-refractivity contribution in [2.24, 2.45) is 0 Å². The smallest absolute Gasteiger partial charge is 0.244 e. The number of para-hydroxylation sites is 1. The number of carbonyl (C=O) groups excluding carboxylic acids is 1. The minimum atomic E-state index is -3.45. The Morgan fingerprint density at radius 3 is 2.42 bits per heavy atom. The van der Waals surface area contributed by atoms with E-state index in [1.54, 1.807) is 50.4 Å². The van der Waals surface area contributed by atoms with Crippen LogP contribution < -0.4 is 4.90 Å². The Labute approximate surface area is 114 Å². The van der Waals surface area contributed by atoms with E-state index in [1.807, 2.05) is 6.07 Å². The molecule has 0 heterocycles. The van der Waals surface area contributed by atoms with Gasteiger partial charge in [-0.1, -0.05) is 30.4 Å². The second-order valence-corrected chi connectivity index (χ2v) is 6.64. The van der Waals surface area contributed by atoms with Gasteiger partial charge in [0, 0.05) is 12.7 Å². The summed E-state index contributed by atoms with van der Waals surface area (Å²) in [5.41, 5.74) is 0.681. The first kappa shape index (κ1) is 15.4. The molecule has 0 bridgehead atoms. The highest BCUT2D eigenvalue weighted by Crippen LogP contribution is 2.15. The molecule has 0 unspecified atom stereocenters. The predicted octanol–water partition coefficient (Wildman–Crippen LogP) is 2.03. The van der Waals surface area contributed by atoms with Crippen molar-refractivity contribution in [3.8, 4) is 0 Å². The first-order chi connectivity index (χ1) is 8.90. The summed E-state index contributed by atoms with van der Waals surface area (Å²) in [4.78, 5) is 13.5. The maximum Gasteiger partial charge on any atom is 0.244 e. The molecule has 104 valence electrons. The molecular weight excluding hydrogens is 262 g/mol. The van der Waals surface area contributed by atoms with Crippen molar-refractivity contribution in [3.05, 3.63) is 42.5 Å². The first-order valence-corrected chi connectivity index (χ1v) is 7.77. The third-order valence-electron chi connectivity index (χ3n) is 2.92. The number of sulfone groups is 1. The monoisotopic (exact) mass is 281 g/mol. The van der Waals surface area contributed by atoms with Crippen LogP contribution in [0.3, 0.4) is 0 Å². The molecule has 4 nitrogen and oxygen atoms in total. The topological polar surface area (TPSA) is 54.5 Å². The standard InChI is InChI=1S/C14H19NO3S/c1-4-5-11-19(17,18)12(2)14(16)15(3)13-9-7-6-8-10-13/h4-10,12H,11H2,1-3H3/b5-4+/t12-/m1/s1. The van der Waals surface area contributed by atoms with Crippen molar-refractivity contribution < 1.29 is 13.2 Å². The van der Waals surface area contributed by atoms with Crippen molar-refractivity contribution >= 4 is 21.4 Å². The summed E-state index contributed by atoms with van der Waals surface area (Å²) in [7, 11) is -1.87. The van der Waals surface area contributed by atoms with E-state index in [9.17, 15) is 13.2 Å². The SMILES string of the molecule is C/C=C/CS(=O)(=O)[C@H](C)C(=O)N(C)c1ccccc1. The molecule has 1 atom stereocenters. The fourth-order valence-corrected chi connectivity index (χ4v) is 2.79. The number of allylic oxidation sites excluding steroid dienone is 1. The van der Waals surface area contributed by atoms with E-state index < -0.39 is 21.0 Å². The predicted molar refractivity (Wildman–Crippen MR) is 77.9 cm³/mol. The van der Waals surface area contributed by atoms with E-state index in [2.05, 4.69) is 0 Å². The Bertz CT molecular complexity index is 549. The van der Waals surface area contributed by atoms with Gasteiger partial charge in [-0.15, -0.1) is 0 Å². The average molecular weight is 281 g/mol. The molecule has 1 amide bonds. The Morgan fingerprint density at radius 2 is 1.89 bits per heavy atom. The first-order valence-electron chi connectivity index (χ1n) is 6.05. The lowest BCUT2D eigenvalue weighted by Crippen LogP contribution is -2.40. The van der Waals surface area contributed by atoms with Crippen LogP contribution in [-0.4, -0.2) is 32.4 Å². The molecule has 0 fully saturated rings. The summed E-state index contributed by atoms with van der Waals surface area (Å²) in [6.45, 7) is 3.18. The molecule has 1 aromatic rings. The summed E-state index contributed by atoms with van der Waals surface area (Å²) < 4.78 is 23.9. The van der Waals surface area contributed by atoms with E-state index in [0.29, 0.717) is 5.69 Å². The van der Waals surface area contributed by atoms with Crippen LogP contribution in [0.25, 0.3) is 0 Å². The molecule has 0 aliphatic heterocycles. The van der Waals surface area contributed by atoms with Crippen LogP contribution in [0.2, 0.25) is 0 Å². The molecule has 5 heteroatoms. The second kappa shape index (κ2) is 6.52. The molecule has 0 aliphatic carbocycles. The fraction of sp³-hybridized carbons (Fsp3) is 0.357. The highest BCUT2D eigenvalue weighted by Gasteiger charge is 2.29. The third kappa shape index (κ3) is 3.92. The summed E-state index contributed by atoms with van der Waals surface area (Å²) in [6, 6.07) is 8.98. The van der Waals surface area contributed by atoms with Crippen molar-refractivity contribution in [1.82, 2.24) is 0 Å². The fourth-order valence-electron chi connectivity index (χ4n) is 1.58. The quantitative estimate of drug-likeness (QED) is 0.776. The zero-order valence-corrected chi connectivity index (χ0v) is 12.2. The van der Waals surface area contributed by atoms with Gasteiger partial charge in [0.15, 0.2) is 9.84 Å². The number of anilines is 1. The maximum absolute atomic E-state index is 12.2. The lowest BCUT2D eigenvalue weighted by atomic mass is 10.3. The average Bonchev–Trinajstić information content (AvgIpc) is 2.43. The minimum absolute atomic E-state index is 0.112. The van der Waals surface area contributed by atoms with Gasteiger partial charge in [0.2, 0.25) is 5.91 Å². The molecule has 0 saturated heterocycles. The van der Waals surface area contributed by atoms with Gasteiger partial charge in [0.1, 0.15) is 5.25 Å². The maximum atomic E-state index is 12.2. The van der Waals surface area contributed by atoms with Gasteiger partial charge in [0.05, 0.1) is 5.75 Å². The summed E-state index contributed by atoms with van der Waals surface area (Å²) in [5, 5.41) is -1.05. The Morgan fingerprint density at radius 1 is 1.32 bits per heavy atom. The molecule has 0 aliphatic rings. The third-order valence-corrected chi connectivity index (χ3v) is 4.86. The molecule has 0 spiro atoms. The van der Waals surface area contributed by atoms with E-state index in [-0.39, 0.29) is 5.75 Å². The van der Waals surface area contributed by atoms with Crippen LogP contribution >= 0.6 is 0 Å². The summed E-state index contributed by atoms with van der Waals surface area (Å²) in [6.07, 6.45) is 3.21. The van der Waals surface area contributed by atoms with Gasteiger partial charge < -0.3 is 4.90 Å². The summed E-state index contributed by atoms with van der Waals surface area (Å²) in [5.74, 6) is -0.533. The second-order valence-electron chi connectivity index (χ2n) is 4.27. The number of hydrogen-bond donors (Lipinski definition) is 0. The van der Waals surface area contributed by atoms with Crippen LogP contribution in [0.5, 0.6) is 0 Å². The number of nitrogens with zero attached hydrogens (tertiary/aromatic N) is 1. The van der Waals surface area contributed by atoms with Crippen LogP contribution in [0.1, 0.15) is 13.8 Å². The van der Waals surface area contributed by atoms with Crippen molar-refractivity contribution in [3.63, 3.8) is 0 Å². The molecule has 1 rings (SSSR count). The van der Waals surface area contributed by atoms with Crippen LogP contribution in [0.4, 0.5) is 5.69 Å². The molecular formula is C14H19NO3S. The van der Waals surface area contributed by atoms with E-state index >= 15 is 0 Å². The van der Waals surface area contributed by atoms with Crippen molar-refractivity contribution in [1.29, 1.82) is 0 Å². The summed E-state index contributed by atoms with van der Waals surface area (Å²) >= 11 is 0. The van der Waals surface area contributed by atoms with Crippen molar-refractivity contribution in [2.75, 3.05) is 17.7 Å². The molecule has 19 heavy (non-hydrogen) atoms. The van der Waals surface area contributed by atoms with Crippen LogP contribution in [-0.2, 0) is 14.6 Å². The van der Waals surface area contributed by atoms with Crippen molar-refractivity contribution in [2.45, 2.75) is 19.1 Å². The van der Waals surface area contributed by atoms with E-state index in [4.69, 9.17) is 0 Å².